The molecule has 1 N–H and O–H groups in total. The molecule has 0 atom stereocenters. The summed E-state index contributed by atoms with van der Waals surface area (Å²) in [6, 6.07) is 7.30. The van der Waals surface area contributed by atoms with E-state index in [0.717, 1.165) is 16.0 Å². The fraction of sp³-hybridized carbons (Fsp3) is 0.182. The number of hydrogen-bond donors (Lipinski definition) is 1. The lowest BCUT2D eigenvalue weighted by Gasteiger charge is -1.96. The van der Waals surface area contributed by atoms with Gasteiger partial charge < -0.3 is 10.1 Å². The first-order valence-electron chi connectivity index (χ1n) is 4.84. The van der Waals surface area contributed by atoms with Gasteiger partial charge >= 0.3 is 0 Å². The number of fused-ring (bicyclic) bond motifs is 1. The van der Waals surface area contributed by atoms with E-state index in [0.29, 0.717) is 5.13 Å². The number of carbonyl (C=O) groups excluding carboxylic acids is 1. The first kappa shape index (κ1) is 11.4. The third-order valence-electron chi connectivity index (χ3n) is 2.08. The van der Waals surface area contributed by atoms with Crippen LogP contribution in [0.15, 0.2) is 18.2 Å². The molecule has 0 fully saturated rings. The number of rotatable bonds is 3. The molecule has 1 heterocycles. The Hall–Kier alpha value is -2.13. The van der Waals surface area contributed by atoms with Crippen LogP contribution in [0.4, 0.5) is 5.13 Å². The average molecular weight is 247 g/mol. The molecular formula is C11H9N3O2S. The highest BCUT2D eigenvalue weighted by Crippen LogP contribution is 2.28. The van der Waals surface area contributed by atoms with Crippen molar-refractivity contribution in [3.05, 3.63) is 18.2 Å². The fourth-order valence-electron chi connectivity index (χ4n) is 1.32. The average Bonchev–Trinajstić information content (AvgIpc) is 2.69. The summed E-state index contributed by atoms with van der Waals surface area (Å²) < 4.78 is 6.04. The summed E-state index contributed by atoms with van der Waals surface area (Å²) in [6.45, 7) is 0. The highest BCUT2D eigenvalue weighted by atomic mass is 32.1. The van der Waals surface area contributed by atoms with Gasteiger partial charge in [-0.15, -0.1) is 0 Å². The van der Waals surface area contributed by atoms with Crippen LogP contribution < -0.4 is 10.1 Å². The molecule has 0 aliphatic heterocycles. The van der Waals surface area contributed by atoms with Gasteiger partial charge in [-0.3, -0.25) is 4.79 Å². The van der Waals surface area contributed by atoms with Gasteiger partial charge in [-0.1, -0.05) is 11.3 Å². The molecule has 0 spiro atoms. The lowest BCUT2D eigenvalue weighted by Crippen LogP contribution is -2.09. The molecular weight excluding hydrogens is 238 g/mol. The monoisotopic (exact) mass is 247 g/mol. The molecule has 0 bridgehead atoms. The number of nitrogens with zero attached hydrogens (tertiary/aromatic N) is 2. The van der Waals surface area contributed by atoms with Gasteiger partial charge in [0.15, 0.2) is 5.13 Å². The molecule has 0 aliphatic rings. The molecule has 17 heavy (non-hydrogen) atoms. The lowest BCUT2D eigenvalue weighted by atomic mass is 10.3. The van der Waals surface area contributed by atoms with Crippen molar-refractivity contribution in [1.82, 2.24) is 4.98 Å². The maximum absolute atomic E-state index is 11.2. The number of methoxy groups -OCH3 is 1. The van der Waals surface area contributed by atoms with E-state index in [2.05, 4.69) is 10.3 Å². The number of ether oxygens (including phenoxy) is 1. The summed E-state index contributed by atoms with van der Waals surface area (Å²) in [5.74, 6) is 0.372. The van der Waals surface area contributed by atoms with Crippen molar-refractivity contribution >= 4 is 32.6 Å². The van der Waals surface area contributed by atoms with E-state index in [1.54, 1.807) is 19.2 Å². The van der Waals surface area contributed by atoms with Crippen LogP contribution >= 0.6 is 11.3 Å². The Kier molecular flexibility index (Phi) is 3.21. The number of nitrogens with one attached hydrogen (secondary N) is 1. The van der Waals surface area contributed by atoms with E-state index in [9.17, 15) is 4.79 Å². The van der Waals surface area contributed by atoms with Crippen LogP contribution in [-0.4, -0.2) is 18.0 Å². The summed E-state index contributed by atoms with van der Waals surface area (Å²) in [7, 11) is 1.59. The highest BCUT2D eigenvalue weighted by Gasteiger charge is 2.07. The van der Waals surface area contributed by atoms with E-state index in [1.807, 2.05) is 12.1 Å². The summed E-state index contributed by atoms with van der Waals surface area (Å²) in [6.07, 6.45) is -0.167. The molecule has 1 amide bonds. The smallest absolute Gasteiger partial charge is 0.240 e. The van der Waals surface area contributed by atoms with E-state index >= 15 is 0 Å². The van der Waals surface area contributed by atoms with Gasteiger partial charge in [-0.2, -0.15) is 5.26 Å². The van der Waals surface area contributed by atoms with Crippen molar-refractivity contribution in [1.29, 1.82) is 5.26 Å². The summed E-state index contributed by atoms with van der Waals surface area (Å²) in [5, 5.41) is 11.4. The minimum atomic E-state index is -0.349. The molecule has 2 aromatic rings. The Balaban J connectivity index is 2.26. The molecule has 0 unspecified atom stereocenters. The van der Waals surface area contributed by atoms with Crippen molar-refractivity contribution in [2.24, 2.45) is 0 Å². The molecule has 1 aromatic heterocycles. The number of amides is 1. The van der Waals surface area contributed by atoms with E-state index in [4.69, 9.17) is 10.00 Å². The molecule has 6 heteroatoms. The second-order valence-corrected chi connectivity index (χ2v) is 4.27. The van der Waals surface area contributed by atoms with Crippen molar-refractivity contribution in [2.45, 2.75) is 6.42 Å². The summed E-state index contributed by atoms with van der Waals surface area (Å²) in [4.78, 5) is 15.5. The van der Waals surface area contributed by atoms with Gasteiger partial charge in [0.05, 0.1) is 23.4 Å². The van der Waals surface area contributed by atoms with Crippen LogP contribution in [0.3, 0.4) is 0 Å². The van der Waals surface area contributed by atoms with Gasteiger partial charge in [0.25, 0.3) is 0 Å². The Bertz CT molecular complexity index is 600. The fourth-order valence-corrected chi connectivity index (χ4v) is 2.19. The van der Waals surface area contributed by atoms with Gasteiger partial charge in [-0.05, 0) is 12.1 Å². The highest BCUT2D eigenvalue weighted by molar-refractivity contribution is 7.22. The first-order chi connectivity index (χ1) is 8.22. The minimum Gasteiger partial charge on any atom is -0.497 e. The maximum atomic E-state index is 11.2. The minimum absolute atomic E-state index is 0.167. The third-order valence-corrected chi connectivity index (χ3v) is 3.03. The third kappa shape index (κ3) is 2.52. The van der Waals surface area contributed by atoms with Crippen LogP contribution in [0.1, 0.15) is 6.42 Å². The van der Waals surface area contributed by atoms with Crippen molar-refractivity contribution in [2.75, 3.05) is 12.4 Å². The van der Waals surface area contributed by atoms with E-state index in [-0.39, 0.29) is 12.3 Å². The number of anilines is 1. The number of benzene rings is 1. The molecule has 0 aliphatic carbocycles. The molecule has 0 saturated heterocycles. The van der Waals surface area contributed by atoms with E-state index < -0.39 is 0 Å². The number of nitriles is 1. The zero-order valence-electron chi connectivity index (χ0n) is 9.06. The molecule has 0 saturated carbocycles. The first-order valence-corrected chi connectivity index (χ1v) is 5.66. The molecule has 2 rings (SSSR count). The van der Waals surface area contributed by atoms with Crippen LogP contribution in [0.2, 0.25) is 0 Å². The van der Waals surface area contributed by atoms with Gasteiger partial charge in [0.1, 0.15) is 12.2 Å². The number of hydrogen-bond acceptors (Lipinski definition) is 5. The zero-order valence-corrected chi connectivity index (χ0v) is 9.87. The number of thiazole rings is 1. The van der Waals surface area contributed by atoms with Crippen molar-refractivity contribution < 1.29 is 9.53 Å². The lowest BCUT2D eigenvalue weighted by molar-refractivity contribution is -0.115. The SMILES string of the molecule is COc1ccc2sc(NC(=O)CC#N)nc2c1. The topological polar surface area (TPSA) is 75.0 Å². The van der Waals surface area contributed by atoms with Gasteiger partial charge in [-0.25, -0.2) is 4.98 Å². The van der Waals surface area contributed by atoms with E-state index in [1.165, 1.54) is 11.3 Å². The van der Waals surface area contributed by atoms with Crippen molar-refractivity contribution in [3.8, 4) is 11.8 Å². The molecule has 0 radical (unpaired) electrons. The summed E-state index contributed by atoms with van der Waals surface area (Å²) in [5.41, 5.74) is 0.765. The number of aromatic nitrogens is 1. The largest absolute Gasteiger partial charge is 0.497 e. The van der Waals surface area contributed by atoms with Crippen LogP contribution in [-0.2, 0) is 4.79 Å². The predicted molar refractivity (Wildman–Crippen MR) is 65.0 cm³/mol. The molecule has 5 nitrogen and oxygen atoms in total. The second kappa shape index (κ2) is 4.80. The Labute approximate surface area is 102 Å². The Morgan fingerprint density at radius 1 is 1.65 bits per heavy atom. The summed E-state index contributed by atoms with van der Waals surface area (Å²) >= 11 is 1.36. The van der Waals surface area contributed by atoms with Crippen LogP contribution in [0, 0.1) is 11.3 Å². The van der Waals surface area contributed by atoms with Crippen LogP contribution in [0.25, 0.3) is 10.2 Å². The molecule has 86 valence electrons. The van der Waals surface area contributed by atoms with Crippen molar-refractivity contribution in [3.63, 3.8) is 0 Å². The predicted octanol–water partition coefficient (Wildman–Crippen LogP) is 2.16. The molecule has 1 aromatic carbocycles. The Morgan fingerprint density at radius 3 is 3.18 bits per heavy atom. The zero-order chi connectivity index (χ0) is 12.3. The maximum Gasteiger partial charge on any atom is 0.240 e. The standard InChI is InChI=1S/C11H9N3O2S/c1-16-7-2-3-9-8(6-7)13-11(17-9)14-10(15)4-5-12/h2-3,6H,4H2,1H3,(H,13,14,15). The van der Waals surface area contributed by atoms with Gasteiger partial charge in [0, 0.05) is 6.07 Å². The number of carbonyl (C=O) groups is 1. The van der Waals surface area contributed by atoms with Gasteiger partial charge in [0.2, 0.25) is 5.91 Å². The quantitative estimate of drug-likeness (QED) is 0.901. The Morgan fingerprint density at radius 2 is 2.47 bits per heavy atom. The van der Waals surface area contributed by atoms with Crippen LogP contribution in [0.5, 0.6) is 5.75 Å². The second-order valence-electron chi connectivity index (χ2n) is 3.24. The normalized spacial score (nSPS) is 9.88.